The first-order valence-corrected chi connectivity index (χ1v) is 15.2. The fraction of sp³-hybridized carbons (Fsp3) is 0.469. The van der Waals surface area contributed by atoms with Gasteiger partial charge < -0.3 is 14.8 Å². The summed E-state index contributed by atoms with van der Waals surface area (Å²) in [5, 5.41) is 6.13. The largest absolute Gasteiger partial charge is 0.330 e. The number of fused-ring (bicyclic) bond motifs is 1. The Morgan fingerprint density at radius 2 is 1.98 bits per heavy atom. The molecular weight excluding hydrogens is 528 g/mol. The fourth-order valence-corrected chi connectivity index (χ4v) is 7.04. The molecule has 0 saturated heterocycles. The van der Waals surface area contributed by atoms with Gasteiger partial charge in [-0.15, -0.1) is 0 Å². The number of hydrogen-bond acceptors (Lipinski definition) is 6. The van der Waals surface area contributed by atoms with E-state index in [-0.39, 0.29) is 18.0 Å². The molecule has 218 valence electrons. The van der Waals surface area contributed by atoms with Crippen LogP contribution < -0.4 is 15.5 Å². The summed E-state index contributed by atoms with van der Waals surface area (Å²) in [6.45, 7) is 0.474. The van der Waals surface area contributed by atoms with Gasteiger partial charge in [0.1, 0.15) is 0 Å². The van der Waals surface area contributed by atoms with Gasteiger partial charge in [0, 0.05) is 42.9 Å². The van der Waals surface area contributed by atoms with Crippen LogP contribution >= 0.6 is 0 Å². The Hall–Kier alpha value is -4.21. The zero-order valence-electron chi connectivity index (χ0n) is 24.1. The Kier molecular flexibility index (Phi) is 6.91. The number of aromatic nitrogens is 4. The molecule has 10 heteroatoms. The van der Waals surface area contributed by atoms with Crippen molar-refractivity contribution in [3.63, 3.8) is 0 Å². The van der Waals surface area contributed by atoms with Gasteiger partial charge in [0.05, 0.1) is 12.2 Å². The molecule has 0 bridgehead atoms. The van der Waals surface area contributed by atoms with Crippen LogP contribution in [0.1, 0.15) is 69.8 Å². The molecule has 0 atom stereocenters. The highest BCUT2D eigenvalue weighted by atomic mass is 16.2. The molecule has 1 aromatic carbocycles. The SMILES string of the molecule is Cn1ccnc1Nc1ncc2c(n1)N(c1cccc(NC(=O)/C=C/CC3CC4(CCCCC4)C3)c1)C(=O)N(C1CC1)C2. The second-order valence-corrected chi connectivity index (χ2v) is 12.5. The minimum atomic E-state index is -0.160. The number of anilines is 5. The zero-order valence-corrected chi connectivity index (χ0v) is 24.1. The smallest absolute Gasteiger partial charge is 0.322 e. The molecule has 7 rings (SSSR count). The van der Waals surface area contributed by atoms with Crippen molar-refractivity contribution in [2.45, 2.75) is 76.8 Å². The monoisotopic (exact) mass is 566 g/mol. The number of aryl methyl sites for hydroxylation is 1. The van der Waals surface area contributed by atoms with Crippen LogP contribution in [0.5, 0.6) is 0 Å². The minimum Gasteiger partial charge on any atom is -0.322 e. The first kappa shape index (κ1) is 26.7. The molecule has 2 aromatic heterocycles. The second kappa shape index (κ2) is 10.9. The van der Waals surface area contributed by atoms with Gasteiger partial charge in [0.2, 0.25) is 17.8 Å². The van der Waals surface area contributed by atoms with Crippen molar-refractivity contribution in [1.82, 2.24) is 24.4 Å². The molecule has 3 heterocycles. The first-order valence-electron chi connectivity index (χ1n) is 15.2. The van der Waals surface area contributed by atoms with Crippen molar-refractivity contribution >= 4 is 41.0 Å². The van der Waals surface area contributed by atoms with E-state index in [4.69, 9.17) is 4.98 Å². The van der Waals surface area contributed by atoms with Gasteiger partial charge in [-0.25, -0.2) is 19.7 Å². The molecular formula is C32H38N8O2. The molecule has 0 unspecified atom stereocenters. The predicted octanol–water partition coefficient (Wildman–Crippen LogP) is 6.44. The van der Waals surface area contributed by atoms with Gasteiger partial charge in [-0.3, -0.25) is 10.1 Å². The third-order valence-electron chi connectivity index (χ3n) is 9.33. The Morgan fingerprint density at radius 1 is 1.14 bits per heavy atom. The number of urea groups is 1. The summed E-state index contributed by atoms with van der Waals surface area (Å²) >= 11 is 0. The summed E-state index contributed by atoms with van der Waals surface area (Å²) in [5.74, 6) is 2.03. The standard InChI is InChI=1S/C32H38N8O2/c1-38-16-15-33-30(38)37-29-34-20-23-21-39(25-11-12-25)31(42)40(28(23)36-29)26-9-6-8-24(17-26)35-27(41)10-5-7-22-18-32(19-22)13-3-2-4-14-32/h5-6,8-10,15-17,20,22,25H,2-4,7,11-14,18-19,21H2,1H3,(H,35,41)(H,33,34,36,37)/b10-5+. The Balaban J connectivity index is 1.06. The molecule has 4 aliphatic rings. The van der Waals surface area contributed by atoms with E-state index in [0.29, 0.717) is 47.0 Å². The quantitative estimate of drug-likeness (QED) is 0.304. The van der Waals surface area contributed by atoms with E-state index in [2.05, 4.69) is 20.6 Å². The average molecular weight is 567 g/mol. The number of hydrogen-bond donors (Lipinski definition) is 2. The molecule has 3 fully saturated rings. The fourth-order valence-electron chi connectivity index (χ4n) is 7.04. The maximum absolute atomic E-state index is 13.8. The Labute approximate surface area is 246 Å². The Bertz CT molecular complexity index is 1510. The van der Waals surface area contributed by atoms with E-state index in [1.165, 1.54) is 44.9 Å². The molecule has 1 spiro atoms. The van der Waals surface area contributed by atoms with Gasteiger partial charge in [0.15, 0.2) is 5.82 Å². The van der Waals surface area contributed by atoms with Gasteiger partial charge in [-0.1, -0.05) is 31.4 Å². The lowest BCUT2D eigenvalue weighted by atomic mass is 9.55. The lowest BCUT2D eigenvalue weighted by Crippen LogP contribution is -2.46. The molecule has 2 N–H and O–H groups in total. The van der Waals surface area contributed by atoms with Crippen LogP contribution in [0, 0.1) is 11.3 Å². The van der Waals surface area contributed by atoms with Crippen LogP contribution in [-0.2, 0) is 18.4 Å². The number of benzene rings is 1. The third kappa shape index (κ3) is 5.37. The van der Waals surface area contributed by atoms with Gasteiger partial charge in [-0.2, -0.15) is 4.98 Å². The second-order valence-electron chi connectivity index (χ2n) is 12.5. The normalized spacial score (nSPS) is 20.1. The molecule has 10 nitrogen and oxygen atoms in total. The Morgan fingerprint density at radius 3 is 2.74 bits per heavy atom. The number of amides is 3. The van der Waals surface area contributed by atoms with Crippen molar-refractivity contribution in [3.8, 4) is 0 Å². The highest BCUT2D eigenvalue weighted by Gasteiger charge is 2.43. The summed E-state index contributed by atoms with van der Waals surface area (Å²) in [6.07, 6.45) is 21.5. The summed E-state index contributed by atoms with van der Waals surface area (Å²) in [6, 6.07) is 7.51. The van der Waals surface area contributed by atoms with Crippen molar-refractivity contribution in [2.75, 3.05) is 15.5 Å². The van der Waals surface area contributed by atoms with Crippen LogP contribution in [0.4, 0.5) is 33.9 Å². The summed E-state index contributed by atoms with van der Waals surface area (Å²) in [4.78, 5) is 43.7. The molecule has 3 aliphatic carbocycles. The molecule has 3 saturated carbocycles. The van der Waals surface area contributed by atoms with E-state index in [0.717, 1.165) is 24.8 Å². The predicted molar refractivity (Wildman–Crippen MR) is 162 cm³/mol. The maximum atomic E-state index is 13.8. The molecule has 42 heavy (non-hydrogen) atoms. The average Bonchev–Trinajstić information content (AvgIpc) is 3.74. The van der Waals surface area contributed by atoms with Gasteiger partial charge in [-0.05, 0) is 80.6 Å². The third-order valence-corrected chi connectivity index (χ3v) is 9.33. The van der Waals surface area contributed by atoms with Crippen LogP contribution in [0.3, 0.4) is 0 Å². The highest BCUT2D eigenvalue weighted by molar-refractivity contribution is 6.03. The lowest BCUT2D eigenvalue weighted by Gasteiger charge is -2.50. The molecule has 3 aromatic rings. The highest BCUT2D eigenvalue weighted by Crippen LogP contribution is 2.55. The van der Waals surface area contributed by atoms with E-state index in [9.17, 15) is 9.59 Å². The number of rotatable bonds is 8. The summed E-state index contributed by atoms with van der Waals surface area (Å²) in [5.41, 5.74) is 2.75. The number of imidazole rings is 1. The molecule has 0 radical (unpaired) electrons. The first-order chi connectivity index (χ1) is 20.5. The van der Waals surface area contributed by atoms with Crippen molar-refractivity contribution in [3.05, 3.63) is 60.6 Å². The number of allylic oxidation sites excluding steroid dienone is 1. The van der Waals surface area contributed by atoms with Crippen LogP contribution in [0.15, 0.2) is 55.0 Å². The number of nitrogens with one attached hydrogen (secondary N) is 2. The maximum Gasteiger partial charge on any atom is 0.330 e. The number of carbonyl (C=O) groups excluding carboxylic acids is 2. The minimum absolute atomic E-state index is 0.119. The van der Waals surface area contributed by atoms with Crippen LogP contribution in [0.2, 0.25) is 0 Å². The molecule has 1 aliphatic heterocycles. The van der Waals surface area contributed by atoms with Crippen molar-refractivity contribution < 1.29 is 9.59 Å². The van der Waals surface area contributed by atoms with Crippen LogP contribution in [-0.4, -0.2) is 42.4 Å². The summed E-state index contributed by atoms with van der Waals surface area (Å²) in [7, 11) is 1.88. The van der Waals surface area contributed by atoms with E-state index in [1.807, 2.05) is 53.1 Å². The van der Waals surface area contributed by atoms with E-state index >= 15 is 0 Å². The van der Waals surface area contributed by atoms with E-state index < -0.39 is 0 Å². The lowest BCUT2D eigenvalue weighted by molar-refractivity contribution is -0.111. The van der Waals surface area contributed by atoms with Crippen molar-refractivity contribution in [2.24, 2.45) is 18.4 Å². The van der Waals surface area contributed by atoms with Crippen molar-refractivity contribution in [1.29, 1.82) is 0 Å². The van der Waals surface area contributed by atoms with Gasteiger partial charge >= 0.3 is 6.03 Å². The van der Waals surface area contributed by atoms with Gasteiger partial charge in [0.25, 0.3) is 0 Å². The van der Waals surface area contributed by atoms with Crippen LogP contribution in [0.25, 0.3) is 0 Å². The summed E-state index contributed by atoms with van der Waals surface area (Å²) < 4.78 is 1.83. The molecule has 3 amide bonds. The zero-order chi connectivity index (χ0) is 28.7. The van der Waals surface area contributed by atoms with E-state index in [1.54, 1.807) is 23.4 Å². The number of carbonyl (C=O) groups is 2. The number of nitrogens with zero attached hydrogens (tertiary/aromatic N) is 6. The topological polar surface area (TPSA) is 108 Å².